The SMILES string of the molecule is COc1cc2c(cc1OC)CN(C(=O)Cc1cccnc1)CC2. The summed E-state index contributed by atoms with van der Waals surface area (Å²) in [6.07, 6.45) is 4.67. The second-order valence-electron chi connectivity index (χ2n) is 5.58. The molecule has 0 atom stereocenters. The molecule has 0 aliphatic carbocycles. The smallest absolute Gasteiger partial charge is 0.227 e. The van der Waals surface area contributed by atoms with E-state index >= 15 is 0 Å². The van der Waals surface area contributed by atoms with Gasteiger partial charge in [-0.05, 0) is 41.3 Å². The summed E-state index contributed by atoms with van der Waals surface area (Å²) in [5.74, 6) is 1.56. The number of benzene rings is 1. The van der Waals surface area contributed by atoms with Gasteiger partial charge in [0.05, 0.1) is 20.6 Å². The van der Waals surface area contributed by atoms with Gasteiger partial charge in [-0.2, -0.15) is 0 Å². The van der Waals surface area contributed by atoms with Crippen molar-refractivity contribution >= 4 is 5.91 Å². The summed E-state index contributed by atoms with van der Waals surface area (Å²) >= 11 is 0. The van der Waals surface area contributed by atoms with Gasteiger partial charge >= 0.3 is 0 Å². The van der Waals surface area contributed by atoms with Crippen molar-refractivity contribution in [3.63, 3.8) is 0 Å². The number of hydrogen-bond acceptors (Lipinski definition) is 4. The Bertz CT molecular complexity index is 701. The van der Waals surface area contributed by atoms with Crippen molar-refractivity contribution in [3.05, 3.63) is 53.3 Å². The van der Waals surface area contributed by atoms with E-state index in [0.29, 0.717) is 18.7 Å². The molecule has 0 spiro atoms. The van der Waals surface area contributed by atoms with Gasteiger partial charge in [-0.3, -0.25) is 9.78 Å². The highest BCUT2D eigenvalue weighted by Gasteiger charge is 2.22. The maximum Gasteiger partial charge on any atom is 0.227 e. The molecule has 0 bridgehead atoms. The van der Waals surface area contributed by atoms with Crippen LogP contribution in [0.25, 0.3) is 0 Å². The number of hydrogen-bond donors (Lipinski definition) is 0. The topological polar surface area (TPSA) is 51.7 Å². The van der Waals surface area contributed by atoms with E-state index in [4.69, 9.17) is 9.47 Å². The molecule has 2 heterocycles. The zero-order valence-electron chi connectivity index (χ0n) is 13.4. The van der Waals surface area contributed by atoms with Crippen molar-refractivity contribution < 1.29 is 14.3 Å². The fourth-order valence-electron chi connectivity index (χ4n) is 2.89. The molecule has 5 nitrogen and oxygen atoms in total. The van der Waals surface area contributed by atoms with Gasteiger partial charge in [-0.25, -0.2) is 0 Å². The van der Waals surface area contributed by atoms with Crippen LogP contribution in [0.2, 0.25) is 0 Å². The number of carbonyl (C=O) groups is 1. The minimum atomic E-state index is 0.124. The van der Waals surface area contributed by atoms with Crippen LogP contribution < -0.4 is 9.47 Å². The maximum atomic E-state index is 12.5. The van der Waals surface area contributed by atoms with Gasteiger partial charge in [0.2, 0.25) is 5.91 Å². The van der Waals surface area contributed by atoms with Crippen LogP contribution in [0.4, 0.5) is 0 Å². The lowest BCUT2D eigenvalue weighted by molar-refractivity contribution is -0.131. The summed E-state index contributed by atoms with van der Waals surface area (Å²) in [6.45, 7) is 1.33. The highest BCUT2D eigenvalue weighted by molar-refractivity contribution is 5.79. The monoisotopic (exact) mass is 312 g/mol. The normalized spacial score (nSPS) is 13.4. The molecule has 1 aromatic carbocycles. The van der Waals surface area contributed by atoms with Crippen LogP contribution in [-0.2, 0) is 24.2 Å². The molecule has 1 aromatic heterocycles. The molecule has 2 aromatic rings. The van der Waals surface area contributed by atoms with E-state index in [9.17, 15) is 4.79 Å². The Hall–Kier alpha value is -2.56. The first-order valence-corrected chi connectivity index (χ1v) is 7.61. The summed E-state index contributed by atoms with van der Waals surface area (Å²) < 4.78 is 10.7. The molecule has 1 aliphatic heterocycles. The lowest BCUT2D eigenvalue weighted by atomic mass is 9.98. The minimum Gasteiger partial charge on any atom is -0.493 e. The van der Waals surface area contributed by atoms with Crippen LogP contribution in [0.15, 0.2) is 36.7 Å². The van der Waals surface area contributed by atoms with Crippen LogP contribution >= 0.6 is 0 Å². The van der Waals surface area contributed by atoms with E-state index in [-0.39, 0.29) is 5.91 Å². The van der Waals surface area contributed by atoms with Crippen LogP contribution in [0, 0.1) is 0 Å². The van der Waals surface area contributed by atoms with Crippen LogP contribution in [0.3, 0.4) is 0 Å². The van der Waals surface area contributed by atoms with Crippen molar-refractivity contribution in [2.45, 2.75) is 19.4 Å². The molecular weight excluding hydrogens is 292 g/mol. The molecule has 0 N–H and O–H groups in total. The molecule has 0 unspecified atom stereocenters. The Kier molecular flexibility index (Phi) is 4.46. The van der Waals surface area contributed by atoms with E-state index in [2.05, 4.69) is 4.98 Å². The first-order chi connectivity index (χ1) is 11.2. The molecule has 3 rings (SSSR count). The molecule has 0 radical (unpaired) electrons. The lowest BCUT2D eigenvalue weighted by Gasteiger charge is -2.29. The van der Waals surface area contributed by atoms with E-state index in [1.807, 2.05) is 29.2 Å². The minimum absolute atomic E-state index is 0.124. The van der Waals surface area contributed by atoms with Crippen LogP contribution in [0.5, 0.6) is 11.5 Å². The predicted octanol–water partition coefficient (Wildman–Crippen LogP) is 2.23. The maximum absolute atomic E-state index is 12.5. The fraction of sp³-hybridized carbons (Fsp3) is 0.333. The highest BCUT2D eigenvalue weighted by Crippen LogP contribution is 2.33. The number of pyridine rings is 1. The summed E-state index contributed by atoms with van der Waals surface area (Å²) in [5, 5.41) is 0. The van der Waals surface area contributed by atoms with E-state index < -0.39 is 0 Å². The molecule has 5 heteroatoms. The molecule has 1 aliphatic rings. The van der Waals surface area contributed by atoms with E-state index in [1.54, 1.807) is 26.6 Å². The van der Waals surface area contributed by atoms with Crippen molar-refractivity contribution in [1.82, 2.24) is 9.88 Å². The molecule has 1 amide bonds. The first kappa shape index (κ1) is 15.3. The number of carbonyl (C=O) groups excluding carboxylic acids is 1. The zero-order valence-corrected chi connectivity index (χ0v) is 13.4. The fourth-order valence-corrected chi connectivity index (χ4v) is 2.89. The summed E-state index contributed by atoms with van der Waals surface area (Å²) in [5.41, 5.74) is 3.28. The van der Waals surface area contributed by atoms with Crippen LogP contribution in [0.1, 0.15) is 16.7 Å². The average Bonchev–Trinajstić information content (AvgIpc) is 2.60. The second kappa shape index (κ2) is 6.69. The van der Waals surface area contributed by atoms with Gasteiger partial charge in [0.25, 0.3) is 0 Å². The molecule has 0 fully saturated rings. The molecule has 23 heavy (non-hydrogen) atoms. The summed E-state index contributed by atoms with van der Waals surface area (Å²) in [4.78, 5) is 18.4. The van der Waals surface area contributed by atoms with Crippen LogP contribution in [-0.4, -0.2) is 36.6 Å². The average molecular weight is 312 g/mol. The van der Waals surface area contributed by atoms with Gasteiger partial charge < -0.3 is 14.4 Å². The van der Waals surface area contributed by atoms with E-state index in [1.165, 1.54) is 5.56 Å². The summed E-state index contributed by atoms with van der Waals surface area (Å²) in [6, 6.07) is 7.76. The zero-order chi connectivity index (χ0) is 16.2. The van der Waals surface area contributed by atoms with Gasteiger partial charge in [0.15, 0.2) is 11.5 Å². The third-order valence-corrected chi connectivity index (χ3v) is 4.15. The Morgan fingerprint density at radius 1 is 1.22 bits per heavy atom. The van der Waals surface area contributed by atoms with Crippen molar-refractivity contribution in [2.75, 3.05) is 20.8 Å². The third-order valence-electron chi connectivity index (χ3n) is 4.15. The number of methoxy groups -OCH3 is 2. The second-order valence-corrected chi connectivity index (χ2v) is 5.58. The quantitative estimate of drug-likeness (QED) is 0.869. The molecular formula is C18H20N2O3. The Balaban J connectivity index is 1.75. The number of nitrogens with zero attached hydrogens (tertiary/aromatic N) is 2. The highest BCUT2D eigenvalue weighted by atomic mass is 16.5. The molecule has 0 saturated heterocycles. The Labute approximate surface area is 135 Å². The molecule has 120 valence electrons. The lowest BCUT2D eigenvalue weighted by Crippen LogP contribution is -2.37. The molecule has 0 saturated carbocycles. The number of fused-ring (bicyclic) bond motifs is 1. The number of rotatable bonds is 4. The van der Waals surface area contributed by atoms with Crippen molar-refractivity contribution in [1.29, 1.82) is 0 Å². The van der Waals surface area contributed by atoms with Gasteiger partial charge in [-0.1, -0.05) is 6.07 Å². The van der Waals surface area contributed by atoms with Gasteiger partial charge in [-0.15, -0.1) is 0 Å². The number of amides is 1. The standard InChI is InChI=1S/C18H20N2O3/c1-22-16-9-14-5-7-20(12-15(14)10-17(16)23-2)18(21)8-13-4-3-6-19-11-13/h3-4,6,9-11H,5,7-8,12H2,1-2H3. The van der Waals surface area contributed by atoms with Gasteiger partial charge in [0, 0.05) is 25.5 Å². The number of ether oxygens (including phenoxy) is 2. The Morgan fingerprint density at radius 3 is 2.61 bits per heavy atom. The Morgan fingerprint density at radius 2 is 1.96 bits per heavy atom. The largest absolute Gasteiger partial charge is 0.493 e. The van der Waals surface area contributed by atoms with Crippen molar-refractivity contribution in [3.8, 4) is 11.5 Å². The van der Waals surface area contributed by atoms with Crippen molar-refractivity contribution in [2.24, 2.45) is 0 Å². The third kappa shape index (κ3) is 3.28. The summed E-state index contributed by atoms with van der Waals surface area (Å²) in [7, 11) is 3.26. The number of aromatic nitrogens is 1. The van der Waals surface area contributed by atoms with E-state index in [0.717, 1.165) is 29.8 Å². The van der Waals surface area contributed by atoms with Gasteiger partial charge in [0.1, 0.15) is 0 Å². The first-order valence-electron chi connectivity index (χ1n) is 7.61. The predicted molar refractivity (Wildman–Crippen MR) is 86.6 cm³/mol.